The van der Waals surface area contributed by atoms with Crippen molar-refractivity contribution >= 4 is 27.5 Å². The third-order valence-corrected chi connectivity index (χ3v) is 6.05. The molecule has 0 amide bonds. The molecular weight excluding hydrogens is 348 g/mol. The first-order valence-corrected chi connectivity index (χ1v) is 8.67. The normalized spacial score (nSPS) is 20.1. The lowest BCUT2D eigenvalue weighted by molar-refractivity contribution is 0.284. The fraction of sp³-hybridized carbons (Fsp3) is 0.412. The second-order valence-corrected chi connectivity index (χ2v) is 7.26. The quantitative estimate of drug-likeness (QED) is 0.697. The summed E-state index contributed by atoms with van der Waals surface area (Å²) in [5, 5.41) is 0.559. The Morgan fingerprint density at radius 2 is 1.81 bits per heavy atom. The molecule has 0 aliphatic heterocycles. The fourth-order valence-electron chi connectivity index (χ4n) is 3.21. The molecule has 1 aromatic carbocycles. The van der Waals surface area contributed by atoms with Gasteiger partial charge in [-0.25, -0.2) is 9.97 Å². The third kappa shape index (κ3) is 2.22. The summed E-state index contributed by atoms with van der Waals surface area (Å²) >= 11 is 9.93. The summed E-state index contributed by atoms with van der Waals surface area (Å²) in [6, 6.07) is 10.6. The van der Waals surface area contributed by atoms with Crippen molar-refractivity contribution in [2.24, 2.45) is 0 Å². The first-order chi connectivity index (χ1) is 10.2. The van der Waals surface area contributed by atoms with Crippen molar-refractivity contribution in [2.45, 2.75) is 43.4 Å². The van der Waals surface area contributed by atoms with Crippen molar-refractivity contribution in [2.75, 3.05) is 0 Å². The van der Waals surface area contributed by atoms with Crippen LogP contribution >= 0.6 is 27.5 Å². The Labute approximate surface area is 138 Å². The molecule has 0 atom stereocenters. The largest absolute Gasteiger partial charge is 0.235 e. The van der Waals surface area contributed by atoms with E-state index in [4.69, 9.17) is 16.6 Å². The topological polar surface area (TPSA) is 25.8 Å². The molecule has 0 N–H and O–H groups in total. The first kappa shape index (κ1) is 13.7. The summed E-state index contributed by atoms with van der Waals surface area (Å²) in [6.07, 6.45) is 5.87. The van der Waals surface area contributed by atoms with Crippen LogP contribution in [0.3, 0.4) is 0 Å². The van der Waals surface area contributed by atoms with Crippen LogP contribution in [-0.2, 0) is 5.41 Å². The lowest BCUT2D eigenvalue weighted by Crippen LogP contribution is -2.37. The fourth-order valence-corrected chi connectivity index (χ4v) is 3.88. The number of aromatic nitrogens is 2. The highest BCUT2D eigenvalue weighted by molar-refractivity contribution is 9.10. The van der Waals surface area contributed by atoms with Gasteiger partial charge in [-0.1, -0.05) is 48.4 Å². The molecule has 2 fully saturated rings. The molecule has 1 aromatic heterocycles. The van der Waals surface area contributed by atoms with Crippen LogP contribution in [0.25, 0.3) is 0 Å². The van der Waals surface area contributed by atoms with Gasteiger partial charge in [0.05, 0.1) is 15.6 Å². The summed E-state index contributed by atoms with van der Waals surface area (Å²) in [6.45, 7) is 0. The number of halogens is 2. The van der Waals surface area contributed by atoms with Crippen molar-refractivity contribution < 1.29 is 0 Å². The zero-order valence-corrected chi connectivity index (χ0v) is 14.0. The van der Waals surface area contributed by atoms with Gasteiger partial charge in [0.25, 0.3) is 0 Å². The van der Waals surface area contributed by atoms with Gasteiger partial charge >= 0.3 is 0 Å². The number of hydrogen-bond acceptors (Lipinski definition) is 2. The Balaban J connectivity index is 1.85. The van der Waals surface area contributed by atoms with E-state index in [2.05, 4.69) is 51.2 Å². The molecule has 2 aliphatic carbocycles. The number of nitrogens with zero attached hydrogens (tertiary/aromatic N) is 2. The van der Waals surface area contributed by atoms with Crippen molar-refractivity contribution in [3.05, 3.63) is 57.0 Å². The van der Waals surface area contributed by atoms with E-state index < -0.39 is 0 Å². The standard InChI is InChI=1S/C17H16BrClN2/c18-13-14(11-7-8-11)20-16(21-15(13)19)17(9-4-10-17)12-5-2-1-3-6-12/h1-3,5-6,11H,4,7-10H2. The molecule has 4 heteroatoms. The molecule has 2 aromatic rings. The average molecular weight is 364 g/mol. The van der Waals surface area contributed by atoms with Gasteiger partial charge in [-0.05, 0) is 47.2 Å². The third-order valence-electron chi connectivity index (χ3n) is 4.76. The molecular formula is C17H16BrClN2. The van der Waals surface area contributed by atoms with Crippen molar-refractivity contribution in [3.63, 3.8) is 0 Å². The average Bonchev–Trinajstić information content (AvgIpc) is 3.27. The molecule has 0 saturated heterocycles. The Kier molecular flexibility index (Phi) is 3.31. The van der Waals surface area contributed by atoms with Gasteiger partial charge in [-0.3, -0.25) is 0 Å². The zero-order valence-electron chi connectivity index (χ0n) is 11.6. The lowest BCUT2D eigenvalue weighted by atomic mass is 9.64. The van der Waals surface area contributed by atoms with E-state index in [-0.39, 0.29) is 5.41 Å². The molecule has 2 saturated carbocycles. The van der Waals surface area contributed by atoms with E-state index in [0.717, 1.165) is 28.8 Å². The Hall–Kier alpha value is -0.930. The van der Waals surface area contributed by atoms with Crippen molar-refractivity contribution in [3.8, 4) is 0 Å². The first-order valence-electron chi connectivity index (χ1n) is 7.50. The molecule has 0 radical (unpaired) electrons. The minimum absolute atomic E-state index is 0.0325. The molecule has 0 spiro atoms. The van der Waals surface area contributed by atoms with Crippen molar-refractivity contribution in [1.29, 1.82) is 0 Å². The monoisotopic (exact) mass is 362 g/mol. The summed E-state index contributed by atoms with van der Waals surface area (Å²) < 4.78 is 0.887. The van der Waals surface area contributed by atoms with E-state index in [1.807, 2.05) is 0 Å². The Bertz CT molecular complexity index is 679. The molecule has 1 heterocycles. The summed E-state index contributed by atoms with van der Waals surface area (Å²) in [4.78, 5) is 9.54. The molecule has 0 bridgehead atoms. The SMILES string of the molecule is Clc1nc(C2(c3ccccc3)CCC2)nc(C2CC2)c1Br. The Morgan fingerprint density at radius 3 is 2.38 bits per heavy atom. The van der Waals surface area contributed by atoms with E-state index in [9.17, 15) is 0 Å². The van der Waals surface area contributed by atoms with Crippen LogP contribution in [0.15, 0.2) is 34.8 Å². The highest BCUT2D eigenvalue weighted by Gasteiger charge is 2.44. The molecule has 21 heavy (non-hydrogen) atoms. The van der Waals surface area contributed by atoms with Crippen LogP contribution in [0, 0.1) is 0 Å². The molecule has 2 aliphatic rings. The second-order valence-electron chi connectivity index (χ2n) is 6.11. The van der Waals surface area contributed by atoms with Crippen LogP contribution in [-0.4, -0.2) is 9.97 Å². The van der Waals surface area contributed by atoms with Gasteiger partial charge in [-0.15, -0.1) is 0 Å². The molecule has 2 nitrogen and oxygen atoms in total. The maximum atomic E-state index is 6.37. The van der Waals surface area contributed by atoms with Gasteiger partial charge in [0.15, 0.2) is 0 Å². The van der Waals surface area contributed by atoms with Gasteiger partial charge in [0.1, 0.15) is 11.0 Å². The smallest absolute Gasteiger partial charge is 0.147 e. The predicted molar refractivity (Wildman–Crippen MR) is 87.8 cm³/mol. The highest BCUT2D eigenvalue weighted by atomic mass is 79.9. The van der Waals surface area contributed by atoms with Gasteiger partial charge in [-0.2, -0.15) is 0 Å². The predicted octanol–water partition coefficient (Wildman–Crippen LogP) is 5.24. The van der Waals surface area contributed by atoms with E-state index in [1.165, 1.54) is 24.8 Å². The Morgan fingerprint density at radius 1 is 1.10 bits per heavy atom. The van der Waals surface area contributed by atoms with Crippen LogP contribution in [0.5, 0.6) is 0 Å². The number of benzene rings is 1. The number of rotatable bonds is 3. The van der Waals surface area contributed by atoms with Gasteiger partial charge < -0.3 is 0 Å². The summed E-state index contributed by atoms with van der Waals surface area (Å²) in [7, 11) is 0. The maximum Gasteiger partial charge on any atom is 0.147 e. The minimum Gasteiger partial charge on any atom is -0.235 e. The lowest BCUT2D eigenvalue weighted by Gasteiger charge is -2.41. The zero-order chi connectivity index (χ0) is 14.4. The maximum absolute atomic E-state index is 6.37. The van der Waals surface area contributed by atoms with Crippen LogP contribution < -0.4 is 0 Å². The molecule has 4 rings (SSSR count). The second kappa shape index (κ2) is 5.06. The van der Waals surface area contributed by atoms with Gasteiger partial charge in [0.2, 0.25) is 0 Å². The highest BCUT2D eigenvalue weighted by Crippen LogP contribution is 2.50. The van der Waals surface area contributed by atoms with Crippen LogP contribution in [0.1, 0.15) is 55.1 Å². The molecule has 108 valence electrons. The van der Waals surface area contributed by atoms with E-state index in [1.54, 1.807) is 0 Å². The van der Waals surface area contributed by atoms with E-state index in [0.29, 0.717) is 11.1 Å². The summed E-state index contributed by atoms with van der Waals surface area (Å²) in [5.41, 5.74) is 2.39. The minimum atomic E-state index is -0.0325. The van der Waals surface area contributed by atoms with E-state index >= 15 is 0 Å². The van der Waals surface area contributed by atoms with Crippen LogP contribution in [0.2, 0.25) is 5.15 Å². The summed E-state index contributed by atoms with van der Waals surface area (Å²) in [5.74, 6) is 1.47. The van der Waals surface area contributed by atoms with Crippen LogP contribution in [0.4, 0.5) is 0 Å². The molecule has 0 unspecified atom stereocenters. The number of hydrogen-bond donors (Lipinski definition) is 0. The van der Waals surface area contributed by atoms with Gasteiger partial charge in [0, 0.05) is 5.92 Å². The van der Waals surface area contributed by atoms with Crippen molar-refractivity contribution in [1.82, 2.24) is 9.97 Å².